The Bertz CT molecular complexity index is 438. The number of benzene rings is 1. The summed E-state index contributed by atoms with van der Waals surface area (Å²) in [4.78, 5) is 0. The summed E-state index contributed by atoms with van der Waals surface area (Å²) in [6.45, 7) is 6.52. The van der Waals surface area contributed by atoms with Crippen LogP contribution < -0.4 is 19.9 Å². The quantitative estimate of drug-likeness (QED) is 0.780. The third-order valence-corrected chi connectivity index (χ3v) is 2.80. The van der Waals surface area contributed by atoms with Crippen molar-refractivity contribution in [2.24, 2.45) is 5.73 Å². The second kappa shape index (κ2) is 7.80. The van der Waals surface area contributed by atoms with E-state index in [-0.39, 0.29) is 6.04 Å². The molecule has 20 heavy (non-hydrogen) atoms. The normalized spacial score (nSPS) is 11.7. The molecule has 0 saturated carbocycles. The summed E-state index contributed by atoms with van der Waals surface area (Å²) in [6.07, 6.45) is 2.77. The highest BCUT2D eigenvalue weighted by Gasteiger charge is 2.14. The third kappa shape index (κ3) is 4.78. The van der Waals surface area contributed by atoms with Crippen LogP contribution in [0.3, 0.4) is 0 Å². The van der Waals surface area contributed by atoms with E-state index in [0.717, 1.165) is 12.0 Å². The van der Waals surface area contributed by atoms with Crippen LogP contribution in [0.5, 0.6) is 17.2 Å². The van der Waals surface area contributed by atoms with Gasteiger partial charge in [-0.05, 0) is 51.0 Å². The second-order valence-corrected chi connectivity index (χ2v) is 5.10. The van der Waals surface area contributed by atoms with Gasteiger partial charge >= 0.3 is 0 Å². The maximum atomic E-state index is 5.84. The lowest BCUT2D eigenvalue weighted by atomic mass is 10.1. The van der Waals surface area contributed by atoms with Gasteiger partial charge in [-0.1, -0.05) is 5.57 Å². The molecule has 0 spiro atoms. The van der Waals surface area contributed by atoms with Gasteiger partial charge in [-0.25, -0.2) is 0 Å². The molecule has 0 aliphatic carbocycles. The molecule has 1 aromatic carbocycles. The average Bonchev–Trinajstić information content (AvgIpc) is 2.38. The Morgan fingerprint density at radius 2 is 1.75 bits per heavy atom. The topological polar surface area (TPSA) is 53.7 Å². The molecular formula is C16H25NO3. The van der Waals surface area contributed by atoms with Gasteiger partial charge in [-0.15, -0.1) is 0 Å². The van der Waals surface area contributed by atoms with E-state index in [9.17, 15) is 0 Å². The van der Waals surface area contributed by atoms with Crippen LogP contribution in [0.4, 0.5) is 0 Å². The number of allylic oxidation sites excluding steroid dienone is 1. The van der Waals surface area contributed by atoms with Gasteiger partial charge in [0, 0.05) is 6.04 Å². The molecule has 0 saturated heterocycles. The minimum Gasteiger partial charge on any atom is -0.493 e. The zero-order valence-electron chi connectivity index (χ0n) is 13.0. The number of nitrogens with two attached hydrogens (primary N) is 1. The highest BCUT2D eigenvalue weighted by atomic mass is 16.5. The minimum atomic E-state index is 0.0851. The molecule has 1 atom stereocenters. The van der Waals surface area contributed by atoms with E-state index in [1.165, 1.54) is 5.57 Å². The van der Waals surface area contributed by atoms with Crippen molar-refractivity contribution in [3.8, 4) is 17.2 Å². The van der Waals surface area contributed by atoms with E-state index in [0.29, 0.717) is 23.9 Å². The third-order valence-electron chi connectivity index (χ3n) is 2.80. The first-order chi connectivity index (χ1) is 9.47. The van der Waals surface area contributed by atoms with E-state index in [1.807, 2.05) is 39.0 Å². The molecule has 0 fully saturated rings. The molecule has 2 N–H and O–H groups in total. The van der Waals surface area contributed by atoms with Crippen molar-refractivity contribution in [3.63, 3.8) is 0 Å². The number of rotatable bonds is 7. The lowest BCUT2D eigenvalue weighted by Gasteiger charge is -2.16. The van der Waals surface area contributed by atoms with Gasteiger partial charge in [0.2, 0.25) is 5.75 Å². The zero-order chi connectivity index (χ0) is 15.1. The van der Waals surface area contributed by atoms with Gasteiger partial charge < -0.3 is 19.9 Å². The zero-order valence-corrected chi connectivity index (χ0v) is 13.0. The first-order valence-electron chi connectivity index (χ1n) is 6.74. The van der Waals surface area contributed by atoms with Crippen LogP contribution in [-0.4, -0.2) is 26.9 Å². The molecule has 4 nitrogen and oxygen atoms in total. The molecule has 4 heteroatoms. The Morgan fingerprint density at radius 1 is 1.20 bits per heavy atom. The Labute approximate surface area is 121 Å². The summed E-state index contributed by atoms with van der Waals surface area (Å²) >= 11 is 0. The van der Waals surface area contributed by atoms with Crippen LogP contribution in [0.25, 0.3) is 0 Å². The lowest BCUT2D eigenvalue weighted by Crippen LogP contribution is -2.17. The lowest BCUT2D eigenvalue weighted by molar-refractivity contribution is 0.300. The summed E-state index contributed by atoms with van der Waals surface area (Å²) in [7, 11) is 3.25. The van der Waals surface area contributed by atoms with Gasteiger partial charge in [0.15, 0.2) is 11.5 Å². The van der Waals surface area contributed by atoms with Crippen molar-refractivity contribution in [3.05, 3.63) is 29.3 Å². The Kier molecular flexibility index (Phi) is 6.39. The molecule has 1 unspecified atom stereocenters. The maximum absolute atomic E-state index is 5.84. The molecule has 0 heterocycles. The molecule has 1 aromatic rings. The predicted molar refractivity (Wildman–Crippen MR) is 81.8 cm³/mol. The fraction of sp³-hybridized carbons (Fsp3) is 0.500. The van der Waals surface area contributed by atoms with E-state index in [2.05, 4.69) is 0 Å². The Hall–Kier alpha value is -1.68. The highest BCUT2D eigenvalue weighted by molar-refractivity contribution is 5.54. The Balaban J connectivity index is 3.05. The van der Waals surface area contributed by atoms with Crippen LogP contribution in [0.1, 0.15) is 26.3 Å². The van der Waals surface area contributed by atoms with Gasteiger partial charge in [-0.2, -0.15) is 0 Å². The van der Waals surface area contributed by atoms with Crippen molar-refractivity contribution in [2.45, 2.75) is 33.2 Å². The SMILES string of the molecule is COc1cc(CC(C)N)cc(OC)c1OCC=C(C)C. The molecular weight excluding hydrogens is 254 g/mol. The van der Waals surface area contributed by atoms with Gasteiger partial charge in [0.05, 0.1) is 14.2 Å². The highest BCUT2D eigenvalue weighted by Crippen LogP contribution is 2.38. The molecule has 0 amide bonds. The van der Waals surface area contributed by atoms with Crippen LogP contribution in [-0.2, 0) is 6.42 Å². The van der Waals surface area contributed by atoms with Gasteiger partial charge in [0.25, 0.3) is 0 Å². The summed E-state index contributed by atoms with van der Waals surface area (Å²) in [6, 6.07) is 3.98. The van der Waals surface area contributed by atoms with E-state index in [4.69, 9.17) is 19.9 Å². The summed E-state index contributed by atoms with van der Waals surface area (Å²) in [5.41, 5.74) is 8.12. The smallest absolute Gasteiger partial charge is 0.203 e. The number of methoxy groups -OCH3 is 2. The predicted octanol–water partition coefficient (Wildman–Crippen LogP) is 2.94. The van der Waals surface area contributed by atoms with Crippen LogP contribution >= 0.6 is 0 Å². The van der Waals surface area contributed by atoms with Gasteiger partial charge in [0.1, 0.15) is 6.61 Å². The number of hydrogen-bond acceptors (Lipinski definition) is 4. The van der Waals surface area contributed by atoms with Crippen molar-refractivity contribution in [2.75, 3.05) is 20.8 Å². The average molecular weight is 279 g/mol. The summed E-state index contributed by atoms with van der Waals surface area (Å²) in [5, 5.41) is 0. The Morgan fingerprint density at radius 3 is 2.15 bits per heavy atom. The maximum Gasteiger partial charge on any atom is 0.203 e. The molecule has 0 radical (unpaired) electrons. The van der Waals surface area contributed by atoms with Crippen LogP contribution in [0, 0.1) is 0 Å². The molecule has 1 rings (SSSR count). The van der Waals surface area contributed by atoms with Gasteiger partial charge in [-0.3, -0.25) is 0 Å². The minimum absolute atomic E-state index is 0.0851. The monoisotopic (exact) mass is 279 g/mol. The van der Waals surface area contributed by atoms with Crippen molar-refractivity contribution in [1.29, 1.82) is 0 Å². The van der Waals surface area contributed by atoms with Crippen LogP contribution in [0.15, 0.2) is 23.8 Å². The fourth-order valence-electron chi connectivity index (χ4n) is 1.86. The summed E-state index contributed by atoms with van der Waals surface area (Å²) < 4.78 is 16.6. The molecule has 0 aliphatic rings. The summed E-state index contributed by atoms with van der Waals surface area (Å²) in [5.74, 6) is 1.96. The van der Waals surface area contributed by atoms with Crippen molar-refractivity contribution in [1.82, 2.24) is 0 Å². The first-order valence-corrected chi connectivity index (χ1v) is 6.74. The van der Waals surface area contributed by atoms with Crippen molar-refractivity contribution >= 4 is 0 Å². The molecule has 112 valence electrons. The molecule has 0 bridgehead atoms. The standard InChI is InChI=1S/C16H25NO3/c1-11(2)6-7-20-16-14(18-4)9-13(8-12(3)17)10-15(16)19-5/h6,9-10,12H,7-8,17H2,1-5H3. The van der Waals surface area contributed by atoms with Crippen LogP contribution in [0.2, 0.25) is 0 Å². The second-order valence-electron chi connectivity index (χ2n) is 5.10. The molecule has 0 aromatic heterocycles. The van der Waals surface area contributed by atoms with E-state index in [1.54, 1.807) is 14.2 Å². The van der Waals surface area contributed by atoms with E-state index >= 15 is 0 Å². The fourth-order valence-corrected chi connectivity index (χ4v) is 1.86. The number of hydrogen-bond donors (Lipinski definition) is 1. The van der Waals surface area contributed by atoms with E-state index < -0.39 is 0 Å². The largest absolute Gasteiger partial charge is 0.493 e. The van der Waals surface area contributed by atoms with Crippen molar-refractivity contribution < 1.29 is 14.2 Å². The first kappa shape index (κ1) is 16.4. The molecule has 0 aliphatic heterocycles. The number of ether oxygens (including phenoxy) is 3.